The Labute approximate surface area is 165 Å². The number of hydrogen-bond acceptors (Lipinski definition) is 5. The maximum Gasteiger partial charge on any atom is 0.407 e. The molecule has 0 aliphatic heterocycles. The van der Waals surface area contributed by atoms with Gasteiger partial charge in [-0.2, -0.15) is 0 Å². The number of pyridine rings is 1. The highest BCUT2D eigenvalue weighted by Crippen LogP contribution is 2.26. The van der Waals surface area contributed by atoms with E-state index in [0.29, 0.717) is 24.8 Å². The topological polar surface area (TPSA) is 96.8 Å². The molecule has 152 valence electrons. The number of hydrogen-bond donors (Lipinski definition) is 3. The highest BCUT2D eigenvalue weighted by molar-refractivity contribution is 5.77. The van der Waals surface area contributed by atoms with E-state index in [4.69, 9.17) is 4.74 Å². The molecule has 3 N–H and O–H groups in total. The van der Waals surface area contributed by atoms with Gasteiger partial charge in [0.2, 0.25) is 5.91 Å². The SMILES string of the molecule is CC(C)(C)NNC(=O)Cc1cn2cc(CNC(=O)OCC3CCC3)ccc2n1. The van der Waals surface area contributed by atoms with Crippen LogP contribution < -0.4 is 16.2 Å². The molecule has 1 aliphatic carbocycles. The number of carbonyl (C=O) groups is 2. The Morgan fingerprint density at radius 2 is 2.04 bits per heavy atom. The first-order valence-corrected chi connectivity index (χ1v) is 9.72. The Hall–Kier alpha value is -2.61. The van der Waals surface area contributed by atoms with Crippen molar-refractivity contribution in [3.8, 4) is 0 Å². The third kappa shape index (κ3) is 5.95. The lowest BCUT2D eigenvalue weighted by atomic mass is 9.86. The Kier molecular flexibility index (Phi) is 6.18. The first-order chi connectivity index (χ1) is 13.3. The number of amides is 2. The van der Waals surface area contributed by atoms with Crippen LogP contribution in [0.1, 0.15) is 51.3 Å². The number of ether oxygens (including phenoxy) is 1. The Balaban J connectivity index is 1.50. The molecule has 28 heavy (non-hydrogen) atoms. The predicted octanol–water partition coefficient (Wildman–Crippen LogP) is 2.32. The Bertz CT molecular complexity index is 836. The van der Waals surface area contributed by atoms with Crippen molar-refractivity contribution in [1.29, 1.82) is 0 Å². The van der Waals surface area contributed by atoms with Crippen molar-refractivity contribution in [2.24, 2.45) is 5.92 Å². The highest BCUT2D eigenvalue weighted by Gasteiger charge is 2.19. The molecule has 8 nitrogen and oxygen atoms in total. The third-order valence-corrected chi connectivity index (χ3v) is 4.59. The molecule has 0 spiro atoms. The van der Waals surface area contributed by atoms with Crippen LogP contribution in [0.4, 0.5) is 4.79 Å². The van der Waals surface area contributed by atoms with Gasteiger partial charge in [0.1, 0.15) is 5.65 Å². The molecule has 0 atom stereocenters. The minimum atomic E-state index is -0.388. The van der Waals surface area contributed by atoms with E-state index in [1.54, 1.807) is 0 Å². The molecule has 0 saturated heterocycles. The second-order valence-corrected chi connectivity index (χ2v) is 8.38. The molecular formula is C20H29N5O3. The fourth-order valence-corrected chi connectivity index (χ4v) is 2.82. The van der Waals surface area contributed by atoms with Gasteiger partial charge in [-0.15, -0.1) is 0 Å². The fourth-order valence-electron chi connectivity index (χ4n) is 2.82. The van der Waals surface area contributed by atoms with Gasteiger partial charge in [0, 0.05) is 24.5 Å². The van der Waals surface area contributed by atoms with Gasteiger partial charge in [0.25, 0.3) is 0 Å². The lowest BCUT2D eigenvalue weighted by Crippen LogP contribution is -2.49. The van der Waals surface area contributed by atoms with Crippen molar-refractivity contribution in [2.75, 3.05) is 6.61 Å². The van der Waals surface area contributed by atoms with Gasteiger partial charge < -0.3 is 14.5 Å². The summed E-state index contributed by atoms with van der Waals surface area (Å²) in [6.45, 7) is 6.79. The van der Waals surface area contributed by atoms with Crippen molar-refractivity contribution in [2.45, 2.75) is 58.5 Å². The van der Waals surface area contributed by atoms with Crippen molar-refractivity contribution in [1.82, 2.24) is 25.6 Å². The smallest absolute Gasteiger partial charge is 0.407 e. The minimum absolute atomic E-state index is 0.144. The van der Waals surface area contributed by atoms with Crippen LogP contribution in [0.25, 0.3) is 5.65 Å². The van der Waals surface area contributed by atoms with Crippen LogP contribution in [0.3, 0.4) is 0 Å². The zero-order valence-corrected chi connectivity index (χ0v) is 16.7. The molecule has 1 saturated carbocycles. The molecule has 0 radical (unpaired) electrons. The van der Waals surface area contributed by atoms with Gasteiger partial charge in [-0.1, -0.05) is 12.5 Å². The van der Waals surface area contributed by atoms with Gasteiger partial charge in [-0.25, -0.2) is 15.2 Å². The van der Waals surface area contributed by atoms with Crippen molar-refractivity contribution >= 4 is 17.6 Å². The lowest BCUT2D eigenvalue weighted by Gasteiger charge is -2.24. The minimum Gasteiger partial charge on any atom is -0.449 e. The van der Waals surface area contributed by atoms with Crippen LogP contribution in [0.2, 0.25) is 0 Å². The largest absolute Gasteiger partial charge is 0.449 e. The number of imidazole rings is 1. The molecule has 1 fully saturated rings. The summed E-state index contributed by atoms with van der Waals surface area (Å²) in [7, 11) is 0. The zero-order chi connectivity index (χ0) is 20.1. The number of aromatic nitrogens is 2. The van der Waals surface area contributed by atoms with E-state index in [0.717, 1.165) is 24.1 Å². The Morgan fingerprint density at radius 3 is 2.71 bits per heavy atom. The molecular weight excluding hydrogens is 358 g/mol. The zero-order valence-electron chi connectivity index (χ0n) is 16.7. The molecule has 8 heteroatoms. The number of hydrazine groups is 1. The number of nitrogens with one attached hydrogen (secondary N) is 3. The molecule has 0 bridgehead atoms. The second kappa shape index (κ2) is 8.60. The normalized spacial score (nSPS) is 14.5. The van der Waals surface area contributed by atoms with Crippen LogP contribution >= 0.6 is 0 Å². The van der Waals surface area contributed by atoms with Gasteiger partial charge in [-0.05, 0) is 51.2 Å². The van der Waals surface area contributed by atoms with Crippen LogP contribution in [0, 0.1) is 5.92 Å². The van der Waals surface area contributed by atoms with E-state index < -0.39 is 0 Å². The van der Waals surface area contributed by atoms with E-state index in [9.17, 15) is 9.59 Å². The van der Waals surface area contributed by atoms with Gasteiger partial charge in [-0.3, -0.25) is 10.2 Å². The average molecular weight is 387 g/mol. The standard InChI is InChI=1S/C20H29N5O3/c1-20(2,3)24-23-18(26)9-16-12-25-11-15(7-8-17(25)22-16)10-21-19(27)28-13-14-5-4-6-14/h7-8,11-12,14,24H,4-6,9-10,13H2,1-3H3,(H,21,27)(H,23,26). The maximum atomic E-state index is 12.0. The van der Waals surface area contributed by atoms with Crippen LogP contribution in [0.5, 0.6) is 0 Å². The average Bonchev–Trinajstić information content (AvgIpc) is 2.97. The summed E-state index contributed by atoms with van der Waals surface area (Å²) in [5, 5.41) is 2.77. The summed E-state index contributed by atoms with van der Waals surface area (Å²) >= 11 is 0. The number of rotatable bonds is 7. The summed E-state index contributed by atoms with van der Waals surface area (Å²) in [5.74, 6) is 0.386. The predicted molar refractivity (Wildman–Crippen MR) is 105 cm³/mol. The van der Waals surface area contributed by atoms with Gasteiger partial charge in [0.05, 0.1) is 18.7 Å². The van der Waals surface area contributed by atoms with Gasteiger partial charge in [0.15, 0.2) is 0 Å². The van der Waals surface area contributed by atoms with Crippen molar-refractivity contribution in [3.63, 3.8) is 0 Å². The monoisotopic (exact) mass is 387 g/mol. The van der Waals surface area contributed by atoms with E-state index in [2.05, 4.69) is 21.2 Å². The molecule has 0 aromatic carbocycles. The summed E-state index contributed by atoms with van der Waals surface area (Å²) < 4.78 is 7.09. The van der Waals surface area contributed by atoms with Gasteiger partial charge >= 0.3 is 6.09 Å². The molecule has 0 unspecified atom stereocenters. The molecule has 1 aliphatic rings. The highest BCUT2D eigenvalue weighted by atomic mass is 16.5. The van der Waals surface area contributed by atoms with Crippen molar-refractivity contribution < 1.29 is 14.3 Å². The molecule has 2 heterocycles. The molecule has 2 aromatic rings. The lowest BCUT2D eigenvalue weighted by molar-refractivity contribution is -0.122. The maximum absolute atomic E-state index is 12.0. The summed E-state index contributed by atoms with van der Waals surface area (Å²) in [6, 6.07) is 3.77. The third-order valence-electron chi connectivity index (χ3n) is 4.59. The number of fused-ring (bicyclic) bond motifs is 1. The van der Waals surface area contributed by atoms with Crippen molar-refractivity contribution in [3.05, 3.63) is 35.8 Å². The number of carbonyl (C=O) groups excluding carboxylic acids is 2. The molecule has 2 aromatic heterocycles. The van der Waals surface area contributed by atoms with E-state index in [1.165, 1.54) is 6.42 Å². The first kappa shape index (κ1) is 20.1. The van der Waals surface area contributed by atoms with E-state index in [-0.39, 0.29) is 24.0 Å². The quantitative estimate of drug-likeness (QED) is 0.634. The first-order valence-electron chi connectivity index (χ1n) is 9.72. The summed E-state index contributed by atoms with van der Waals surface area (Å²) in [5.41, 5.74) is 7.80. The summed E-state index contributed by atoms with van der Waals surface area (Å²) in [6.07, 6.45) is 7.05. The number of nitrogens with zero attached hydrogens (tertiary/aromatic N) is 2. The van der Waals surface area contributed by atoms with Crippen LogP contribution in [-0.4, -0.2) is 33.5 Å². The summed E-state index contributed by atoms with van der Waals surface area (Å²) in [4.78, 5) is 28.3. The molecule has 2 amide bonds. The Morgan fingerprint density at radius 1 is 1.25 bits per heavy atom. The second-order valence-electron chi connectivity index (χ2n) is 8.38. The number of alkyl carbamates (subject to hydrolysis) is 1. The van der Waals surface area contributed by atoms with E-state index >= 15 is 0 Å². The van der Waals surface area contributed by atoms with Crippen LogP contribution in [0.15, 0.2) is 24.5 Å². The molecule has 3 rings (SSSR count). The fraction of sp³-hybridized carbons (Fsp3) is 0.550. The van der Waals surface area contributed by atoms with E-state index in [1.807, 2.05) is 49.7 Å². The van der Waals surface area contributed by atoms with Crippen LogP contribution in [-0.2, 0) is 22.5 Å².